The van der Waals surface area contributed by atoms with Crippen LogP contribution < -0.4 is 15.1 Å². The molecule has 41 heavy (non-hydrogen) atoms. The van der Waals surface area contributed by atoms with Crippen molar-refractivity contribution in [3.63, 3.8) is 0 Å². The number of halogens is 3. The van der Waals surface area contributed by atoms with E-state index < -0.39 is 60.4 Å². The van der Waals surface area contributed by atoms with Gasteiger partial charge in [-0.15, -0.1) is 0 Å². The summed E-state index contributed by atoms with van der Waals surface area (Å²) < 4.78 is 41.7. The average Bonchev–Trinajstić information content (AvgIpc) is 3.32. The first-order chi connectivity index (χ1) is 19.6. The Morgan fingerprint density at radius 2 is 1.90 bits per heavy atom. The molecule has 210 valence electrons. The first-order valence-electron chi connectivity index (χ1n) is 13.1. The maximum atomic E-state index is 14.5. The Bertz CT molecular complexity index is 1550. The van der Waals surface area contributed by atoms with Gasteiger partial charge in [-0.1, -0.05) is 30.3 Å². The number of aromatic nitrogens is 1. The quantitative estimate of drug-likeness (QED) is 0.455. The second kappa shape index (κ2) is 11.0. The van der Waals surface area contributed by atoms with Gasteiger partial charge in [0.1, 0.15) is 23.7 Å². The molecule has 3 aromatic rings. The monoisotopic (exact) mass is 561 g/mol. The molecule has 11 heteroatoms. The fourth-order valence-electron chi connectivity index (χ4n) is 5.35. The van der Waals surface area contributed by atoms with E-state index in [1.807, 2.05) is 6.07 Å². The van der Waals surface area contributed by atoms with Crippen LogP contribution in [0.4, 0.5) is 24.7 Å². The molecule has 5 rings (SSSR count). The van der Waals surface area contributed by atoms with Crippen LogP contribution in [0.2, 0.25) is 0 Å². The number of carbonyl (C=O) groups excluding carboxylic acids is 3. The van der Waals surface area contributed by atoms with Gasteiger partial charge in [0, 0.05) is 37.2 Å². The summed E-state index contributed by atoms with van der Waals surface area (Å²) in [5.41, 5.74) is 1.34. The molecule has 1 N–H and O–H groups in total. The second-order valence-electron chi connectivity index (χ2n) is 10.2. The molecule has 1 aliphatic heterocycles. The zero-order valence-electron chi connectivity index (χ0n) is 22.1. The van der Waals surface area contributed by atoms with E-state index in [4.69, 9.17) is 0 Å². The van der Waals surface area contributed by atoms with Gasteiger partial charge in [0.25, 0.3) is 11.8 Å². The van der Waals surface area contributed by atoms with Crippen molar-refractivity contribution >= 4 is 29.2 Å². The highest BCUT2D eigenvalue weighted by atomic mass is 19.3. The summed E-state index contributed by atoms with van der Waals surface area (Å²) in [4.78, 5) is 47.8. The number of pyridine rings is 1. The van der Waals surface area contributed by atoms with Crippen molar-refractivity contribution < 1.29 is 27.6 Å². The molecule has 1 saturated heterocycles. The summed E-state index contributed by atoms with van der Waals surface area (Å²) in [6.07, 6.45) is 0.379. The molecule has 2 heterocycles. The number of hydrogen-bond donors (Lipinski definition) is 1. The Morgan fingerprint density at radius 3 is 2.59 bits per heavy atom. The lowest BCUT2D eigenvalue weighted by Gasteiger charge is -2.39. The van der Waals surface area contributed by atoms with Gasteiger partial charge >= 0.3 is 0 Å². The first-order valence-corrected chi connectivity index (χ1v) is 13.1. The Balaban J connectivity index is 1.61. The van der Waals surface area contributed by atoms with Crippen molar-refractivity contribution in [1.82, 2.24) is 10.3 Å². The van der Waals surface area contributed by atoms with E-state index in [1.165, 1.54) is 41.4 Å². The van der Waals surface area contributed by atoms with Gasteiger partial charge in [0.15, 0.2) is 0 Å². The summed E-state index contributed by atoms with van der Waals surface area (Å²) in [7, 11) is 0. The number of nitriles is 1. The van der Waals surface area contributed by atoms with E-state index >= 15 is 0 Å². The van der Waals surface area contributed by atoms with Crippen molar-refractivity contribution in [3.8, 4) is 6.07 Å². The molecule has 0 radical (unpaired) electrons. The van der Waals surface area contributed by atoms with Gasteiger partial charge in [-0.2, -0.15) is 5.26 Å². The first kappa shape index (κ1) is 27.8. The molecular weight excluding hydrogens is 535 g/mol. The Hall–Kier alpha value is -4.72. The third-order valence-electron chi connectivity index (χ3n) is 7.37. The molecule has 1 aromatic heterocycles. The molecule has 3 amide bonds. The number of alkyl halides is 2. The maximum Gasteiger partial charge on any atom is 0.252 e. The zero-order chi connectivity index (χ0) is 29.3. The number of anilines is 2. The van der Waals surface area contributed by atoms with E-state index in [2.05, 4.69) is 10.3 Å². The molecule has 2 fully saturated rings. The van der Waals surface area contributed by atoms with Crippen LogP contribution in [0.5, 0.6) is 0 Å². The minimum absolute atomic E-state index is 0.00421. The molecule has 2 unspecified atom stereocenters. The van der Waals surface area contributed by atoms with Gasteiger partial charge in [0.2, 0.25) is 11.8 Å². The van der Waals surface area contributed by atoms with E-state index in [9.17, 15) is 32.8 Å². The lowest BCUT2D eigenvalue weighted by molar-refractivity contribution is -0.133. The molecule has 1 aliphatic carbocycles. The summed E-state index contributed by atoms with van der Waals surface area (Å²) in [5, 5.41) is 12.0. The largest absolute Gasteiger partial charge is 0.351 e. The molecule has 1 saturated carbocycles. The molecule has 0 bridgehead atoms. The Morgan fingerprint density at radius 1 is 1.15 bits per heavy atom. The van der Waals surface area contributed by atoms with Crippen molar-refractivity contribution in [2.24, 2.45) is 0 Å². The third-order valence-corrected chi connectivity index (χ3v) is 7.37. The number of aryl methyl sites for hydroxylation is 1. The van der Waals surface area contributed by atoms with Crippen molar-refractivity contribution in [3.05, 3.63) is 89.4 Å². The minimum atomic E-state index is -2.89. The van der Waals surface area contributed by atoms with Gasteiger partial charge in [-0.25, -0.2) is 18.2 Å². The van der Waals surface area contributed by atoms with Crippen molar-refractivity contribution in [2.45, 2.75) is 56.7 Å². The molecule has 2 aliphatic rings. The number of nitrogens with one attached hydrogen (secondary N) is 1. The van der Waals surface area contributed by atoms with Crippen molar-refractivity contribution in [1.29, 1.82) is 5.26 Å². The van der Waals surface area contributed by atoms with Gasteiger partial charge < -0.3 is 5.32 Å². The normalized spacial score (nSPS) is 18.8. The number of carbonyl (C=O) groups is 3. The van der Waals surface area contributed by atoms with Crippen LogP contribution in [-0.4, -0.2) is 40.7 Å². The predicted molar refractivity (Wildman–Crippen MR) is 143 cm³/mol. The fourth-order valence-corrected chi connectivity index (χ4v) is 5.35. The summed E-state index contributed by atoms with van der Waals surface area (Å²) in [5.74, 6) is -5.25. The van der Waals surface area contributed by atoms with Gasteiger partial charge in [-0.05, 0) is 54.8 Å². The average molecular weight is 562 g/mol. The van der Waals surface area contributed by atoms with Gasteiger partial charge in [0.05, 0.1) is 11.6 Å². The van der Waals surface area contributed by atoms with Crippen LogP contribution in [-0.2, 0) is 14.4 Å². The molecule has 0 spiro atoms. The van der Waals surface area contributed by atoms with Crippen LogP contribution in [0.25, 0.3) is 0 Å². The highest BCUT2D eigenvalue weighted by Crippen LogP contribution is 2.39. The highest BCUT2D eigenvalue weighted by Gasteiger charge is 2.48. The van der Waals surface area contributed by atoms with Crippen LogP contribution in [0.15, 0.2) is 66.9 Å². The number of amides is 3. The topological polar surface area (TPSA) is 106 Å². The molecule has 2 atom stereocenters. The Kier molecular flexibility index (Phi) is 7.49. The number of nitrogens with zero attached hydrogens (tertiary/aromatic N) is 4. The number of benzene rings is 2. The predicted octanol–water partition coefficient (Wildman–Crippen LogP) is 4.58. The van der Waals surface area contributed by atoms with E-state index in [0.29, 0.717) is 11.1 Å². The standard InChI is InChI=1S/C30H26F3N5O3/c1-18-5-2-3-8-23(18)27(28(40)36-21-15-30(32,33)16-21)37(22-7-4-6-20(31)14-22)29(41)24-9-10-26(39)38(24)25-13-19(17-34)11-12-35-25/h2-8,11-14,21,24,27H,9-10,15-16H2,1H3,(H,36,40). The Labute approximate surface area is 234 Å². The number of hydrogen-bond acceptors (Lipinski definition) is 5. The second-order valence-corrected chi connectivity index (χ2v) is 10.2. The molecule has 8 nitrogen and oxygen atoms in total. The molecular formula is C30H26F3N5O3. The summed E-state index contributed by atoms with van der Waals surface area (Å²) in [6, 6.07) is 13.5. The van der Waals surface area contributed by atoms with E-state index in [-0.39, 0.29) is 29.9 Å². The fraction of sp³-hybridized carbons (Fsp3) is 0.300. The SMILES string of the molecule is Cc1ccccc1C(C(=O)NC1CC(F)(F)C1)N(C(=O)C1CCC(=O)N1c1cc(C#N)ccn1)c1cccc(F)c1. The van der Waals surface area contributed by atoms with Gasteiger partial charge in [-0.3, -0.25) is 24.2 Å². The van der Waals surface area contributed by atoms with Crippen LogP contribution >= 0.6 is 0 Å². The molecule has 2 aromatic carbocycles. The maximum absolute atomic E-state index is 14.5. The van der Waals surface area contributed by atoms with Crippen LogP contribution in [0, 0.1) is 24.1 Å². The number of rotatable bonds is 7. The van der Waals surface area contributed by atoms with E-state index in [0.717, 1.165) is 11.0 Å². The van der Waals surface area contributed by atoms with Crippen LogP contribution in [0.3, 0.4) is 0 Å². The summed E-state index contributed by atoms with van der Waals surface area (Å²) in [6.45, 7) is 1.74. The van der Waals surface area contributed by atoms with Crippen LogP contribution in [0.1, 0.15) is 48.4 Å². The smallest absolute Gasteiger partial charge is 0.252 e. The zero-order valence-corrected chi connectivity index (χ0v) is 22.1. The highest BCUT2D eigenvalue weighted by molar-refractivity contribution is 6.10. The minimum Gasteiger partial charge on any atom is -0.351 e. The lowest BCUT2D eigenvalue weighted by Crippen LogP contribution is -2.56. The van der Waals surface area contributed by atoms with Crippen molar-refractivity contribution in [2.75, 3.05) is 9.80 Å². The third kappa shape index (κ3) is 5.63. The summed E-state index contributed by atoms with van der Waals surface area (Å²) >= 11 is 0. The van der Waals surface area contributed by atoms with E-state index in [1.54, 1.807) is 31.2 Å². The lowest BCUT2D eigenvalue weighted by atomic mass is 9.87.